The second-order valence-electron chi connectivity index (χ2n) is 6.96. The number of fused-ring (bicyclic) bond motifs is 1. The van der Waals surface area contributed by atoms with Gasteiger partial charge in [0.1, 0.15) is 22.9 Å². The van der Waals surface area contributed by atoms with Crippen molar-refractivity contribution in [3.05, 3.63) is 60.1 Å². The van der Waals surface area contributed by atoms with Gasteiger partial charge in [-0.25, -0.2) is 9.78 Å². The molecular weight excluding hydrogens is 442 g/mol. The molecule has 0 bridgehead atoms. The Morgan fingerprint density at radius 2 is 1.88 bits per heavy atom. The van der Waals surface area contributed by atoms with Crippen LogP contribution in [0, 0.1) is 0 Å². The van der Waals surface area contributed by atoms with E-state index in [2.05, 4.69) is 20.2 Å². The Labute approximate surface area is 194 Å². The lowest BCUT2D eigenvalue weighted by Crippen LogP contribution is -2.10. The minimum Gasteiger partial charge on any atom is -0.510 e. The molecule has 0 atom stereocenters. The smallest absolute Gasteiger partial charge is 0.345 e. The van der Waals surface area contributed by atoms with Crippen LogP contribution in [0.15, 0.2) is 59.4 Å². The van der Waals surface area contributed by atoms with Crippen LogP contribution in [0.2, 0.25) is 0 Å². The minimum atomic E-state index is -0.682. The fraction of sp³-hybridized carbons (Fsp3) is 0.217. The Balaban J connectivity index is 1.65. The number of benzene rings is 2. The monoisotopic (exact) mass is 465 g/mol. The first-order chi connectivity index (χ1) is 16.1. The van der Waals surface area contributed by atoms with Crippen LogP contribution in [-0.4, -0.2) is 55.8 Å². The standard InChI is InChI=1S/C23H23N5O4S/c1-4-28-21(14-9-5-8-12-18(14)31-2)26-27-23(28)33-13-17(29)19(22(30)32-3)20-24-15-10-6-7-11-16(15)25-20/h5-12,29H,4,13H2,1-3H3,(H,24,25)/b19-17-. The number of aromatic amines is 1. The molecule has 0 radical (unpaired) electrons. The molecule has 0 spiro atoms. The summed E-state index contributed by atoms with van der Waals surface area (Å²) in [5.74, 6) is 0.816. The van der Waals surface area contributed by atoms with E-state index in [1.165, 1.54) is 18.9 Å². The Hall–Kier alpha value is -3.79. The number of imidazole rings is 1. The summed E-state index contributed by atoms with van der Waals surface area (Å²) in [6.45, 7) is 2.59. The number of aliphatic hydroxyl groups excluding tert-OH is 1. The molecule has 0 aliphatic heterocycles. The SMILES string of the molecule is CCn1c(SC/C(O)=C(/C(=O)OC)c2nc3ccccc3[nH]2)nnc1-c1ccccc1OC. The van der Waals surface area contributed by atoms with Gasteiger partial charge in [0.15, 0.2) is 11.0 Å². The van der Waals surface area contributed by atoms with Gasteiger partial charge >= 0.3 is 5.97 Å². The fourth-order valence-electron chi connectivity index (χ4n) is 3.44. The number of hydrogen-bond acceptors (Lipinski definition) is 8. The third-order valence-corrected chi connectivity index (χ3v) is 6.00. The molecule has 10 heteroatoms. The molecule has 9 nitrogen and oxygen atoms in total. The van der Waals surface area contributed by atoms with Crippen molar-refractivity contribution in [2.75, 3.05) is 20.0 Å². The van der Waals surface area contributed by atoms with Crippen molar-refractivity contribution in [1.29, 1.82) is 0 Å². The number of para-hydroxylation sites is 3. The van der Waals surface area contributed by atoms with E-state index < -0.39 is 5.97 Å². The van der Waals surface area contributed by atoms with Gasteiger partial charge in [-0.05, 0) is 31.2 Å². The van der Waals surface area contributed by atoms with Crippen LogP contribution < -0.4 is 4.74 Å². The summed E-state index contributed by atoms with van der Waals surface area (Å²) < 4.78 is 12.3. The highest BCUT2D eigenvalue weighted by Gasteiger charge is 2.23. The highest BCUT2D eigenvalue weighted by molar-refractivity contribution is 7.99. The van der Waals surface area contributed by atoms with Gasteiger partial charge in [0.05, 0.1) is 36.6 Å². The molecule has 2 aromatic heterocycles. The lowest BCUT2D eigenvalue weighted by atomic mass is 10.2. The summed E-state index contributed by atoms with van der Waals surface area (Å²) in [6, 6.07) is 14.9. The molecule has 0 unspecified atom stereocenters. The number of thioether (sulfide) groups is 1. The van der Waals surface area contributed by atoms with E-state index in [9.17, 15) is 9.90 Å². The Kier molecular flexibility index (Phi) is 6.64. The number of ether oxygens (including phenoxy) is 2. The average Bonchev–Trinajstić information content (AvgIpc) is 3.46. The number of rotatable bonds is 8. The molecule has 4 rings (SSSR count). The van der Waals surface area contributed by atoms with E-state index in [-0.39, 0.29) is 22.9 Å². The first-order valence-electron chi connectivity index (χ1n) is 10.2. The second kappa shape index (κ2) is 9.78. The lowest BCUT2D eigenvalue weighted by molar-refractivity contribution is -0.133. The predicted octanol–water partition coefficient (Wildman–Crippen LogP) is 4.08. The number of esters is 1. The van der Waals surface area contributed by atoms with E-state index in [1.54, 1.807) is 7.11 Å². The van der Waals surface area contributed by atoms with Crippen molar-refractivity contribution in [2.45, 2.75) is 18.6 Å². The summed E-state index contributed by atoms with van der Waals surface area (Å²) in [5, 5.41) is 20.1. The van der Waals surface area contributed by atoms with Crippen molar-refractivity contribution >= 4 is 34.3 Å². The fourth-order valence-corrected chi connectivity index (χ4v) is 4.32. The molecule has 0 fully saturated rings. The lowest BCUT2D eigenvalue weighted by Gasteiger charge is -2.11. The molecule has 0 saturated heterocycles. The van der Waals surface area contributed by atoms with E-state index in [1.807, 2.05) is 60.0 Å². The number of aliphatic hydroxyl groups is 1. The van der Waals surface area contributed by atoms with Gasteiger partial charge in [-0.3, -0.25) is 0 Å². The minimum absolute atomic E-state index is 0.0197. The Morgan fingerprint density at radius 1 is 1.12 bits per heavy atom. The van der Waals surface area contributed by atoms with Gasteiger partial charge in [0.2, 0.25) is 0 Å². The summed E-state index contributed by atoms with van der Waals surface area (Å²) >= 11 is 1.26. The number of aromatic nitrogens is 5. The topological polar surface area (TPSA) is 115 Å². The van der Waals surface area contributed by atoms with Gasteiger partial charge < -0.3 is 24.1 Å². The van der Waals surface area contributed by atoms with Gasteiger partial charge in [-0.15, -0.1) is 10.2 Å². The maximum Gasteiger partial charge on any atom is 0.345 e. The highest BCUT2D eigenvalue weighted by atomic mass is 32.2. The zero-order valence-electron chi connectivity index (χ0n) is 18.4. The molecule has 0 amide bonds. The number of methoxy groups -OCH3 is 2. The number of carbonyl (C=O) groups excluding carboxylic acids is 1. The predicted molar refractivity (Wildman–Crippen MR) is 126 cm³/mol. The zero-order chi connectivity index (χ0) is 23.4. The molecule has 0 aliphatic carbocycles. The molecule has 2 aromatic carbocycles. The number of hydrogen-bond donors (Lipinski definition) is 2. The van der Waals surface area contributed by atoms with Gasteiger partial charge in [-0.2, -0.15) is 0 Å². The maximum atomic E-state index is 12.5. The Morgan fingerprint density at radius 3 is 2.61 bits per heavy atom. The summed E-state index contributed by atoms with van der Waals surface area (Å²) in [6.07, 6.45) is 0. The van der Waals surface area contributed by atoms with Crippen LogP contribution in [0.3, 0.4) is 0 Å². The molecular formula is C23H23N5O4S. The van der Waals surface area contributed by atoms with Crippen LogP contribution in [-0.2, 0) is 16.1 Å². The summed E-state index contributed by atoms with van der Waals surface area (Å²) in [4.78, 5) is 20.0. The van der Waals surface area contributed by atoms with Crippen LogP contribution in [0.5, 0.6) is 5.75 Å². The number of carbonyl (C=O) groups is 1. The summed E-state index contributed by atoms with van der Waals surface area (Å²) in [7, 11) is 2.87. The second-order valence-corrected chi connectivity index (χ2v) is 7.90. The zero-order valence-corrected chi connectivity index (χ0v) is 19.2. The van der Waals surface area contributed by atoms with E-state index in [0.29, 0.717) is 28.8 Å². The van der Waals surface area contributed by atoms with E-state index in [0.717, 1.165) is 11.1 Å². The maximum absolute atomic E-state index is 12.5. The first kappa shape index (κ1) is 22.4. The normalized spacial score (nSPS) is 12.0. The highest BCUT2D eigenvalue weighted by Crippen LogP contribution is 2.32. The molecule has 2 N–H and O–H groups in total. The van der Waals surface area contributed by atoms with Crippen LogP contribution >= 0.6 is 11.8 Å². The first-order valence-corrected chi connectivity index (χ1v) is 11.2. The Bertz CT molecular complexity index is 1290. The van der Waals surface area contributed by atoms with Crippen molar-refractivity contribution in [3.8, 4) is 17.1 Å². The van der Waals surface area contributed by atoms with Crippen molar-refractivity contribution in [2.24, 2.45) is 0 Å². The van der Waals surface area contributed by atoms with E-state index in [4.69, 9.17) is 9.47 Å². The summed E-state index contributed by atoms with van der Waals surface area (Å²) in [5.41, 5.74) is 2.23. The average molecular weight is 466 g/mol. The number of H-pyrrole nitrogens is 1. The molecule has 0 aliphatic rings. The van der Waals surface area contributed by atoms with Gasteiger partial charge in [0.25, 0.3) is 0 Å². The van der Waals surface area contributed by atoms with Crippen molar-refractivity contribution < 1.29 is 19.4 Å². The number of nitrogens with zero attached hydrogens (tertiary/aromatic N) is 4. The van der Waals surface area contributed by atoms with Gasteiger partial charge in [0, 0.05) is 6.54 Å². The molecule has 2 heterocycles. The van der Waals surface area contributed by atoms with Gasteiger partial charge in [-0.1, -0.05) is 36.0 Å². The van der Waals surface area contributed by atoms with Crippen molar-refractivity contribution in [3.63, 3.8) is 0 Å². The van der Waals surface area contributed by atoms with E-state index >= 15 is 0 Å². The molecule has 170 valence electrons. The third-order valence-electron chi connectivity index (χ3n) is 5.02. The van der Waals surface area contributed by atoms with Crippen LogP contribution in [0.25, 0.3) is 28.0 Å². The van der Waals surface area contributed by atoms with Crippen molar-refractivity contribution in [1.82, 2.24) is 24.7 Å². The largest absolute Gasteiger partial charge is 0.510 e. The molecule has 0 saturated carbocycles. The van der Waals surface area contributed by atoms with Crippen LogP contribution in [0.4, 0.5) is 0 Å². The number of nitrogens with one attached hydrogen (secondary N) is 1. The van der Waals surface area contributed by atoms with Crippen LogP contribution in [0.1, 0.15) is 12.7 Å². The molecule has 4 aromatic rings. The quantitative estimate of drug-likeness (QED) is 0.173. The molecule has 33 heavy (non-hydrogen) atoms. The third kappa shape index (κ3) is 4.42.